The normalized spacial score (nSPS) is 10.8. The Balaban J connectivity index is 2.06. The van der Waals surface area contributed by atoms with Crippen LogP contribution in [0.5, 0.6) is 5.88 Å². The summed E-state index contributed by atoms with van der Waals surface area (Å²) in [6.07, 6.45) is 0.447. The summed E-state index contributed by atoms with van der Waals surface area (Å²) in [7, 11) is 0. The second kappa shape index (κ2) is 8.79. The molecule has 0 saturated carbocycles. The van der Waals surface area contributed by atoms with Gasteiger partial charge in [0.05, 0.1) is 4.92 Å². The lowest BCUT2D eigenvalue weighted by Gasteiger charge is -2.13. The lowest BCUT2D eigenvalue weighted by molar-refractivity contribution is -0.384. The van der Waals surface area contributed by atoms with Gasteiger partial charge in [0.1, 0.15) is 11.6 Å². The highest BCUT2D eigenvalue weighted by Crippen LogP contribution is 2.30. The molecule has 0 aliphatic rings. The molecule has 1 heterocycles. The Bertz CT molecular complexity index is 1230. The van der Waals surface area contributed by atoms with Gasteiger partial charge in [-0.15, -0.1) is 10.2 Å². The number of hydrogen-bond donors (Lipinski definition) is 1. The van der Waals surface area contributed by atoms with E-state index < -0.39 is 16.4 Å². The van der Waals surface area contributed by atoms with Crippen molar-refractivity contribution in [3.63, 3.8) is 0 Å². The first kappa shape index (κ1) is 20.4. The van der Waals surface area contributed by atoms with E-state index in [1.807, 2.05) is 36.4 Å². The van der Waals surface area contributed by atoms with Crippen LogP contribution < -0.4 is 5.56 Å². The maximum atomic E-state index is 12.9. The van der Waals surface area contributed by atoms with E-state index in [2.05, 4.69) is 10.2 Å². The van der Waals surface area contributed by atoms with Gasteiger partial charge in [-0.05, 0) is 25.0 Å². The Morgan fingerprint density at radius 3 is 2.47 bits per heavy atom. The second-order valence-corrected chi connectivity index (χ2v) is 6.42. The summed E-state index contributed by atoms with van der Waals surface area (Å²) >= 11 is 0. The van der Waals surface area contributed by atoms with Crippen molar-refractivity contribution >= 4 is 17.1 Å². The molecule has 150 valence electrons. The second-order valence-electron chi connectivity index (χ2n) is 6.42. The highest BCUT2D eigenvalue weighted by atomic mass is 16.6. The van der Waals surface area contributed by atoms with Crippen molar-refractivity contribution in [2.24, 2.45) is 10.2 Å². The molecular weight excluding hydrogens is 386 g/mol. The van der Waals surface area contributed by atoms with Gasteiger partial charge in [0.2, 0.25) is 5.88 Å². The van der Waals surface area contributed by atoms with Crippen LogP contribution in [0.15, 0.2) is 69.6 Å². The molecule has 0 aliphatic carbocycles. The van der Waals surface area contributed by atoms with Gasteiger partial charge in [-0.1, -0.05) is 42.5 Å². The van der Waals surface area contributed by atoms with E-state index in [0.717, 1.165) is 10.1 Å². The van der Waals surface area contributed by atoms with E-state index in [1.165, 1.54) is 25.1 Å². The smallest absolute Gasteiger partial charge is 0.296 e. The Kier molecular flexibility index (Phi) is 5.98. The lowest BCUT2D eigenvalue weighted by Crippen LogP contribution is -2.22. The van der Waals surface area contributed by atoms with Gasteiger partial charge >= 0.3 is 0 Å². The number of para-hydroxylation sites is 1. The molecule has 9 nitrogen and oxygen atoms in total. The third kappa shape index (κ3) is 4.07. The first-order chi connectivity index (χ1) is 14.4. The average molecular weight is 403 g/mol. The zero-order chi connectivity index (χ0) is 21.7. The highest BCUT2D eigenvalue weighted by Gasteiger charge is 2.20. The molecule has 0 bridgehead atoms. The van der Waals surface area contributed by atoms with Crippen LogP contribution in [-0.4, -0.2) is 14.6 Å². The van der Waals surface area contributed by atoms with Crippen molar-refractivity contribution in [3.05, 3.63) is 91.8 Å². The number of benzene rings is 2. The number of nitro groups is 1. The maximum absolute atomic E-state index is 12.9. The number of pyridine rings is 1. The van der Waals surface area contributed by atoms with Gasteiger partial charge in [-0.3, -0.25) is 19.5 Å². The molecule has 0 amide bonds. The first-order valence-corrected chi connectivity index (χ1v) is 8.99. The topological polar surface area (TPSA) is 134 Å². The third-order valence-corrected chi connectivity index (χ3v) is 4.57. The monoisotopic (exact) mass is 403 g/mol. The van der Waals surface area contributed by atoms with Crippen LogP contribution in [0.2, 0.25) is 0 Å². The number of nitriles is 1. The fraction of sp³-hybridized carbons (Fsp3) is 0.143. The Morgan fingerprint density at radius 1 is 1.13 bits per heavy atom. The van der Waals surface area contributed by atoms with Gasteiger partial charge in [0.15, 0.2) is 11.4 Å². The molecule has 1 aromatic heterocycles. The molecule has 0 atom stereocenters. The molecule has 1 N–H and O–H groups in total. The molecule has 30 heavy (non-hydrogen) atoms. The molecule has 2 aromatic carbocycles. The van der Waals surface area contributed by atoms with Crippen LogP contribution in [0.3, 0.4) is 0 Å². The number of azo groups is 1. The van der Waals surface area contributed by atoms with Crippen molar-refractivity contribution < 1.29 is 10.0 Å². The first-order valence-electron chi connectivity index (χ1n) is 8.99. The largest absolute Gasteiger partial charge is 0.493 e. The molecule has 0 fully saturated rings. The summed E-state index contributed by atoms with van der Waals surface area (Å²) in [5, 5.41) is 38.8. The van der Waals surface area contributed by atoms with Crippen molar-refractivity contribution in [1.29, 1.82) is 5.26 Å². The van der Waals surface area contributed by atoms with Gasteiger partial charge < -0.3 is 5.11 Å². The van der Waals surface area contributed by atoms with E-state index in [1.54, 1.807) is 6.07 Å². The van der Waals surface area contributed by atoms with E-state index in [0.29, 0.717) is 6.42 Å². The van der Waals surface area contributed by atoms with Gasteiger partial charge in [-0.25, -0.2) is 0 Å². The Morgan fingerprint density at radius 2 is 1.80 bits per heavy atom. The fourth-order valence-corrected chi connectivity index (χ4v) is 2.96. The predicted molar refractivity (Wildman–Crippen MR) is 109 cm³/mol. The Hall–Kier alpha value is -4.32. The molecular formula is C21H17N5O4. The lowest BCUT2D eigenvalue weighted by atomic mass is 10.1. The molecule has 0 spiro atoms. The number of aromatic hydroxyl groups is 1. The Labute approximate surface area is 171 Å². The predicted octanol–water partition coefficient (Wildman–Crippen LogP) is 4.30. The summed E-state index contributed by atoms with van der Waals surface area (Å²) in [6, 6.07) is 17.0. The van der Waals surface area contributed by atoms with Crippen molar-refractivity contribution in [3.8, 4) is 11.9 Å². The molecule has 3 aromatic rings. The minimum atomic E-state index is -0.637. The van der Waals surface area contributed by atoms with Crippen molar-refractivity contribution in [1.82, 2.24) is 4.57 Å². The van der Waals surface area contributed by atoms with Crippen LogP contribution in [0, 0.1) is 28.4 Å². The third-order valence-electron chi connectivity index (χ3n) is 4.57. The van der Waals surface area contributed by atoms with Crippen LogP contribution in [0.25, 0.3) is 0 Å². The minimum Gasteiger partial charge on any atom is -0.493 e. The minimum absolute atomic E-state index is 0.0243. The maximum Gasteiger partial charge on any atom is 0.296 e. The molecule has 0 aliphatic heterocycles. The van der Waals surface area contributed by atoms with Gasteiger partial charge in [0, 0.05) is 18.2 Å². The standard InChI is InChI=1S/C21H17N5O4/c1-14-16(13-22)20(27)25(12-11-15-7-3-2-4-8-15)21(28)19(14)24-23-17-9-5-6-10-18(17)26(29)30/h2-10,27H,11-12H2,1H3. The number of rotatable bonds is 6. The molecule has 9 heteroatoms. The van der Waals surface area contributed by atoms with Crippen LogP contribution in [-0.2, 0) is 13.0 Å². The van der Waals surface area contributed by atoms with E-state index in [4.69, 9.17) is 0 Å². The summed E-state index contributed by atoms with van der Waals surface area (Å²) in [4.78, 5) is 23.5. The van der Waals surface area contributed by atoms with E-state index >= 15 is 0 Å². The summed E-state index contributed by atoms with van der Waals surface area (Å²) in [5.41, 5.74) is -0.0763. The van der Waals surface area contributed by atoms with E-state index in [-0.39, 0.29) is 34.7 Å². The van der Waals surface area contributed by atoms with Crippen LogP contribution in [0.1, 0.15) is 16.7 Å². The zero-order valence-electron chi connectivity index (χ0n) is 16.0. The number of aryl methyl sites for hydroxylation is 1. The van der Waals surface area contributed by atoms with Gasteiger partial charge in [-0.2, -0.15) is 5.26 Å². The molecule has 0 saturated heterocycles. The van der Waals surface area contributed by atoms with Crippen LogP contribution in [0.4, 0.5) is 17.1 Å². The van der Waals surface area contributed by atoms with Crippen molar-refractivity contribution in [2.75, 3.05) is 0 Å². The summed E-state index contributed by atoms with van der Waals surface area (Å²) in [5.74, 6) is -0.444. The van der Waals surface area contributed by atoms with Gasteiger partial charge in [0.25, 0.3) is 11.2 Å². The average Bonchev–Trinajstić information content (AvgIpc) is 2.74. The number of aromatic nitrogens is 1. The number of hydrogen-bond acceptors (Lipinski definition) is 7. The van der Waals surface area contributed by atoms with Crippen molar-refractivity contribution in [2.45, 2.75) is 19.9 Å². The fourth-order valence-electron chi connectivity index (χ4n) is 2.96. The number of nitro benzene ring substituents is 1. The zero-order valence-corrected chi connectivity index (χ0v) is 16.0. The molecule has 0 radical (unpaired) electrons. The summed E-state index contributed by atoms with van der Waals surface area (Å²) in [6.45, 7) is 1.59. The number of nitrogens with zero attached hydrogens (tertiary/aromatic N) is 5. The van der Waals surface area contributed by atoms with E-state index in [9.17, 15) is 25.3 Å². The highest BCUT2D eigenvalue weighted by molar-refractivity contribution is 5.59. The van der Waals surface area contributed by atoms with Crippen LogP contribution >= 0.6 is 0 Å². The molecule has 3 rings (SSSR count). The molecule has 0 unspecified atom stereocenters. The quantitative estimate of drug-likeness (QED) is 0.372. The summed E-state index contributed by atoms with van der Waals surface area (Å²) < 4.78 is 1.06. The SMILES string of the molecule is Cc1c(C#N)c(O)n(CCc2ccccc2)c(=O)c1N=Nc1ccccc1[N+](=O)[O-].